The summed E-state index contributed by atoms with van der Waals surface area (Å²) < 4.78 is 0. The number of nitrogens with zero attached hydrogens (tertiary/aromatic N) is 2. The van der Waals surface area contributed by atoms with Crippen molar-refractivity contribution in [3.05, 3.63) is 29.8 Å². The normalized spacial score (nSPS) is 27.6. The number of rotatable bonds is 5. The summed E-state index contributed by atoms with van der Waals surface area (Å²) in [5.41, 5.74) is 1.49. The maximum atomic E-state index is 12.8. The number of hydrogen-bond donors (Lipinski definition) is 1. The molecule has 1 saturated heterocycles. The second kappa shape index (κ2) is 7.04. The minimum Gasteiger partial charge on any atom is -0.324 e. The number of anilines is 1. The molecule has 0 spiro atoms. The van der Waals surface area contributed by atoms with E-state index in [2.05, 4.69) is 5.32 Å². The van der Waals surface area contributed by atoms with E-state index in [0.717, 1.165) is 34.6 Å². The molecule has 0 aromatic heterocycles. The van der Waals surface area contributed by atoms with Crippen molar-refractivity contribution in [1.82, 2.24) is 9.80 Å². The third kappa shape index (κ3) is 3.08. The molecule has 2 aliphatic carbocycles. The quantitative estimate of drug-likeness (QED) is 0.625. The van der Waals surface area contributed by atoms with Gasteiger partial charge in [-0.3, -0.25) is 19.3 Å². The second-order valence-electron chi connectivity index (χ2n) is 8.29. The zero-order chi connectivity index (χ0) is 20.0. The lowest BCUT2D eigenvalue weighted by Gasteiger charge is -2.32. The monoisotopic (exact) mass is 383 g/mol. The Bertz CT molecular complexity index is 852. The van der Waals surface area contributed by atoms with Crippen LogP contribution in [-0.2, 0) is 14.4 Å². The smallest absolute Gasteiger partial charge is 0.324 e. The molecule has 4 unspecified atom stereocenters. The molecular formula is C21H25N3O4. The van der Waals surface area contributed by atoms with Gasteiger partial charge < -0.3 is 5.32 Å². The number of aryl methyl sites for hydroxylation is 1. The van der Waals surface area contributed by atoms with Crippen molar-refractivity contribution in [2.24, 2.45) is 17.8 Å². The highest BCUT2D eigenvalue weighted by atomic mass is 16.2. The van der Waals surface area contributed by atoms with Crippen LogP contribution >= 0.6 is 0 Å². The summed E-state index contributed by atoms with van der Waals surface area (Å²) in [5.74, 6) is -0.784. The van der Waals surface area contributed by atoms with Crippen LogP contribution in [0.15, 0.2) is 24.3 Å². The van der Waals surface area contributed by atoms with E-state index < -0.39 is 30.3 Å². The van der Waals surface area contributed by atoms with Gasteiger partial charge >= 0.3 is 17.8 Å². The van der Waals surface area contributed by atoms with E-state index in [-0.39, 0.29) is 12.0 Å². The van der Waals surface area contributed by atoms with Gasteiger partial charge in [0.15, 0.2) is 0 Å². The van der Waals surface area contributed by atoms with E-state index in [0.29, 0.717) is 17.5 Å². The molecule has 0 radical (unpaired) electrons. The molecule has 4 rings (SSSR count). The van der Waals surface area contributed by atoms with Gasteiger partial charge in [-0.15, -0.1) is 0 Å². The molecule has 28 heavy (non-hydrogen) atoms. The third-order valence-corrected chi connectivity index (χ3v) is 6.62. The number of benzene rings is 1. The van der Waals surface area contributed by atoms with E-state index >= 15 is 0 Å². The Labute approximate surface area is 164 Å². The van der Waals surface area contributed by atoms with Gasteiger partial charge in [0, 0.05) is 11.7 Å². The standard InChI is InChI=1S/C21H25N3O4/c1-12-5-3-4-6-17(12)22-18(25)11-23-19(26)20(27)24(21(23)28)13(2)16-10-14-7-8-15(16)9-14/h3-6,13-16H,7-11H2,1-2H3,(H,22,25). The Hall–Kier alpha value is -2.70. The molecule has 1 heterocycles. The number of amides is 5. The SMILES string of the molecule is Cc1ccccc1NC(=O)CN1C(=O)C(=O)N(C(C)C2CC3CCC2C3)C1=O. The number of hydrogen-bond acceptors (Lipinski definition) is 4. The van der Waals surface area contributed by atoms with Crippen LogP contribution in [0.25, 0.3) is 0 Å². The number of imide groups is 2. The predicted octanol–water partition coefficient (Wildman–Crippen LogP) is 2.55. The fourth-order valence-electron chi connectivity index (χ4n) is 5.14. The molecule has 2 saturated carbocycles. The Morgan fingerprint density at radius 1 is 1.14 bits per heavy atom. The molecule has 1 aliphatic heterocycles. The van der Waals surface area contributed by atoms with Gasteiger partial charge in [-0.05, 0) is 62.5 Å². The van der Waals surface area contributed by atoms with Gasteiger partial charge in [-0.1, -0.05) is 24.6 Å². The average molecular weight is 383 g/mol. The first kappa shape index (κ1) is 18.7. The van der Waals surface area contributed by atoms with Crippen LogP contribution in [0.3, 0.4) is 0 Å². The molecule has 1 N–H and O–H groups in total. The molecule has 3 aliphatic rings. The van der Waals surface area contributed by atoms with E-state index in [4.69, 9.17) is 0 Å². The highest BCUT2D eigenvalue weighted by Gasteiger charge is 2.52. The molecule has 7 nitrogen and oxygen atoms in total. The summed E-state index contributed by atoms with van der Waals surface area (Å²) in [6.07, 6.45) is 4.51. The molecule has 4 atom stereocenters. The zero-order valence-electron chi connectivity index (χ0n) is 16.2. The van der Waals surface area contributed by atoms with Crippen molar-refractivity contribution in [2.75, 3.05) is 11.9 Å². The summed E-state index contributed by atoms with van der Waals surface area (Å²) in [6.45, 7) is 3.24. The molecule has 1 aromatic carbocycles. The van der Waals surface area contributed by atoms with Crippen LogP contribution in [0, 0.1) is 24.7 Å². The fraction of sp³-hybridized carbons (Fsp3) is 0.524. The fourth-order valence-corrected chi connectivity index (χ4v) is 5.14. The lowest BCUT2D eigenvalue weighted by atomic mass is 9.83. The van der Waals surface area contributed by atoms with Crippen LogP contribution in [0.5, 0.6) is 0 Å². The van der Waals surface area contributed by atoms with Crippen LogP contribution in [0.2, 0.25) is 0 Å². The van der Waals surface area contributed by atoms with Crippen molar-refractivity contribution in [3.63, 3.8) is 0 Å². The van der Waals surface area contributed by atoms with E-state index in [9.17, 15) is 19.2 Å². The number of para-hydroxylation sites is 1. The van der Waals surface area contributed by atoms with Crippen LogP contribution in [-0.4, -0.2) is 46.1 Å². The topological polar surface area (TPSA) is 86.8 Å². The summed E-state index contributed by atoms with van der Waals surface area (Å²) in [7, 11) is 0. The van der Waals surface area contributed by atoms with Crippen LogP contribution in [0.1, 0.15) is 38.2 Å². The van der Waals surface area contributed by atoms with E-state index in [1.54, 1.807) is 12.1 Å². The minimum atomic E-state index is -0.917. The van der Waals surface area contributed by atoms with Crippen molar-refractivity contribution >= 4 is 29.4 Å². The lowest BCUT2D eigenvalue weighted by Crippen LogP contribution is -2.45. The summed E-state index contributed by atoms with van der Waals surface area (Å²) in [5, 5.41) is 2.70. The number of urea groups is 1. The van der Waals surface area contributed by atoms with E-state index in [1.165, 1.54) is 6.42 Å². The van der Waals surface area contributed by atoms with Gasteiger partial charge in [0.2, 0.25) is 5.91 Å². The van der Waals surface area contributed by atoms with E-state index in [1.807, 2.05) is 26.0 Å². The average Bonchev–Trinajstić information content (AvgIpc) is 3.35. The Morgan fingerprint density at radius 3 is 2.54 bits per heavy atom. The predicted molar refractivity (Wildman–Crippen MR) is 102 cm³/mol. The number of nitrogens with one attached hydrogen (secondary N) is 1. The zero-order valence-corrected chi connectivity index (χ0v) is 16.2. The third-order valence-electron chi connectivity index (χ3n) is 6.62. The van der Waals surface area contributed by atoms with Gasteiger partial charge in [-0.2, -0.15) is 0 Å². The summed E-state index contributed by atoms with van der Waals surface area (Å²) in [6, 6.07) is 6.25. The Balaban J connectivity index is 1.44. The molecular weight excluding hydrogens is 358 g/mol. The van der Waals surface area contributed by atoms with Crippen LogP contribution in [0.4, 0.5) is 10.5 Å². The number of fused-ring (bicyclic) bond motifs is 2. The highest BCUT2D eigenvalue weighted by Crippen LogP contribution is 2.50. The largest absolute Gasteiger partial charge is 0.334 e. The van der Waals surface area contributed by atoms with Crippen molar-refractivity contribution in [2.45, 2.75) is 45.6 Å². The number of carbonyl (C=O) groups excluding carboxylic acids is 4. The van der Waals surface area contributed by atoms with Gasteiger partial charge in [0.25, 0.3) is 0 Å². The number of carbonyl (C=O) groups is 4. The van der Waals surface area contributed by atoms with Gasteiger partial charge in [-0.25, -0.2) is 9.69 Å². The first-order chi connectivity index (χ1) is 13.4. The second-order valence-corrected chi connectivity index (χ2v) is 8.29. The molecule has 5 amide bonds. The molecule has 3 fully saturated rings. The minimum absolute atomic E-state index is 0.250. The van der Waals surface area contributed by atoms with Crippen molar-refractivity contribution in [1.29, 1.82) is 0 Å². The van der Waals surface area contributed by atoms with Gasteiger partial charge in [0.1, 0.15) is 6.54 Å². The van der Waals surface area contributed by atoms with Crippen molar-refractivity contribution < 1.29 is 19.2 Å². The van der Waals surface area contributed by atoms with Crippen LogP contribution < -0.4 is 5.32 Å². The summed E-state index contributed by atoms with van der Waals surface area (Å²) >= 11 is 0. The molecule has 1 aromatic rings. The molecule has 148 valence electrons. The summed E-state index contributed by atoms with van der Waals surface area (Å²) in [4.78, 5) is 51.9. The first-order valence-corrected chi connectivity index (χ1v) is 9.91. The lowest BCUT2D eigenvalue weighted by molar-refractivity contribution is -0.144. The Kier molecular flexibility index (Phi) is 4.69. The highest BCUT2D eigenvalue weighted by molar-refractivity contribution is 6.45. The molecule has 2 bridgehead atoms. The van der Waals surface area contributed by atoms with Crippen molar-refractivity contribution in [3.8, 4) is 0 Å². The first-order valence-electron chi connectivity index (χ1n) is 9.91. The van der Waals surface area contributed by atoms with Gasteiger partial charge in [0.05, 0.1) is 0 Å². The maximum Gasteiger partial charge on any atom is 0.334 e. The Morgan fingerprint density at radius 2 is 1.89 bits per heavy atom. The molecule has 7 heteroatoms. The maximum absolute atomic E-state index is 12.8.